The molecule has 0 bridgehead atoms. The van der Waals surface area contributed by atoms with Crippen LogP contribution in [0.5, 0.6) is 0 Å². The molecule has 3 N–H and O–H groups in total. The summed E-state index contributed by atoms with van der Waals surface area (Å²) in [7, 11) is 0. The Balaban J connectivity index is 2.38. The molecule has 1 aromatic heterocycles. The van der Waals surface area contributed by atoms with Gasteiger partial charge in [0.2, 0.25) is 0 Å². The number of rotatable bonds is 2. The zero-order chi connectivity index (χ0) is 12.4. The molecule has 0 radical (unpaired) electrons. The third kappa shape index (κ3) is 2.58. The van der Waals surface area contributed by atoms with Gasteiger partial charge >= 0.3 is 0 Å². The maximum atomic E-state index is 5.96. The summed E-state index contributed by atoms with van der Waals surface area (Å²) in [6.45, 7) is 3.99. The van der Waals surface area contributed by atoms with Crippen LogP contribution in [0.3, 0.4) is 0 Å². The Morgan fingerprint density at radius 1 is 1.18 bits per heavy atom. The average Bonchev–Trinajstić information content (AvgIpc) is 2.26. The van der Waals surface area contributed by atoms with Crippen LogP contribution in [0.4, 0.5) is 17.1 Å². The number of pyridine rings is 1. The molecule has 17 heavy (non-hydrogen) atoms. The summed E-state index contributed by atoms with van der Waals surface area (Å²) < 4.78 is 0.832. The number of nitrogen functional groups attached to an aromatic ring is 1. The topological polar surface area (TPSA) is 50.9 Å². The molecule has 88 valence electrons. The van der Waals surface area contributed by atoms with Crippen LogP contribution in [0.2, 0.25) is 0 Å². The molecule has 0 aliphatic rings. The first-order chi connectivity index (χ1) is 8.08. The number of nitrogens with one attached hydrogen (secondary N) is 1. The van der Waals surface area contributed by atoms with Gasteiger partial charge < -0.3 is 11.1 Å². The molecule has 0 aliphatic carbocycles. The van der Waals surface area contributed by atoms with E-state index in [0.717, 1.165) is 32.9 Å². The van der Waals surface area contributed by atoms with Crippen molar-refractivity contribution < 1.29 is 0 Å². The summed E-state index contributed by atoms with van der Waals surface area (Å²) in [5.41, 5.74) is 10.7. The Kier molecular flexibility index (Phi) is 3.33. The van der Waals surface area contributed by atoms with Crippen molar-refractivity contribution >= 4 is 33.0 Å². The number of aromatic nitrogens is 1. The van der Waals surface area contributed by atoms with Crippen molar-refractivity contribution in [3.8, 4) is 0 Å². The fourth-order valence-corrected chi connectivity index (χ4v) is 2.06. The van der Waals surface area contributed by atoms with Gasteiger partial charge in [0, 0.05) is 0 Å². The number of aryl methyl sites for hydroxylation is 2. The van der Waals surface area contributed by atoms with Gasteiger partial charge in [-0.1, -0.05) is 12.1 Å². The van der Waals surface area contributed by atoms with Gasteiger partial charge in [-0.2, -0.15) is 0 Å². The van der Waals surface area contributed by atoms with Gasteiger partial charge in [-0.05, 0) is 53.5 Å². The fraction of sp³-hybridized carbons (Fsp3) is 0.154. The van der Waals surface area contributed by atoms with Crippen molar-refractivity contribution in [2.45, 2.75) is 13.8 Å². The van der Waals surface area contributed by atoms with Gasteiger partial charge in [0.25, 0.3) is 0 Å². The smallest absolute Gasteiger partial charge is 0.106 e. The molecule has 2 rings (SSSR count). The molecule has 3 nitrogen and oxygen atoms in total. The number of para-hydroxylation sites is 1. The van der Waals surface area contributed by atoms with E-state index in [1.807, 2.05) is 44.2 Å². The van der Waals surface area contributed by atoms with Crippen LogP contribution < -0.4 is 11.1 Å². The number of nitrogens with zero attached hydrogens (tertiary/aromatic N) is 1. The second kappa shape index (κ2) is 4.75. The monoisotopic (exact) mass is 291 g/mol. The van der Waals surface area contributed by atoms with E-state index in [-0.39, 0.29) is 0 Å². The predicted molar refractivity (Wildman–Crippen MR) is 75.5 cm³/mol. The van der Waals surface area contributed by atoms with Crippen molar-refractivity contribution in [3.05, 3.63) is 46.2 Å². The second-order valence-electron chi connectivity index (χ2n) is 3.93. The lowest BCUT2D eigenvalue weighted by Crippen LogP contribution is -2.00. The molecule has 4 heteroatoms. The third-order valence-electron chi connectivity index (χ3n) is 2.62. The highest BCUT2D eigenvalue weighted by atomic mass is 79.9. The number of hydrogen-bond acceptors (Lipinski definition) is 3. The summed E-state index contributed by atoms with van der Waals surface area (Å²) in [5.74, 6) is 0. The SMILES string of the molecule is Cc1cccc(N)c1Nc1ccc(Br)nc1C. The zero-order valence-corrected chi connectivity index (χ0v) is 11.4. The van der Waals surface area contributed by atoms with Crippen molar-refractivity contribution in [1.82, 2.24) is 4.98 Å². The molecule has 0 saturated carbocycles. The molecule has 0 amide bonds. The minimum atomic E-state index is 0.743. The largest absolute Gasteiger partial charge is 0.397 e. The van der Waals surface area contributed by atoms with E-state index in [4.69, 9.17) is 5.73 Å². The standard InChI is InChI=1S/C13H14BrN3/c1-8-4-3-5-10(15)13(8)17-11-6-7-12(14)16-9(11)2/h3-7,17H,15H2,1-2H3. The van der Waals surface area contributed by atoms with Gasteiger partial charge in [-0.25, -0.2) is 4.98 Å². The summed E-state index contributed by atoms with van der Waals surface area (Å²) in [6.07, 6.45) is 0. The van der Waals surface area contributed by atoms with E-state index in [0.29, 0.717) is 0 Å². The third-order valence-corrected chi connectivity index (χ3v) is 3.06. The van der Waals surface area contributed by atoms with Crippen LogP contribution in [0.25, 0.3) is 0 Å². The first-order valence-corrected chi connectivity index (χ1v) is 6.12. The van der Waals surface area contributed by atoms with Crippen molar-refractivity contribution in [3.63, 3.8) is 0 Å². The van der Waals surface area contributed by atoms with E-state index < -0.39 is 0 Å². The molecule has 0 unspecified atom stereocenters. The molecule has 0 aliphatic heterocycles. The average molecular weight is 292 g/mol. The molecular weight excluding hydrogens is 278 g/mol. The molecule has 0 saturated heterocycles. The molecule has 0 atom stereocenters. The number of hydrogen-bond donors (Lipinski definition) is 2. The van der Waals surface area contributed by atoms with Crippen LogP contribution in [-0.2, 0) is 0 Å². The van der Waals surface area contributed by atoms with Gasteiger partial charge in [0.1, 0.15) is 4.60 Å². The molecule has 0 fully saturated rings. The highest BCUT2D eigenvalue weighted by Gasteiger charge is 2.05. The first kappa shape index (κ1) is 11.9. The van der Waals surface area contributed by atoms with E-state index in [1.54, 1.807) is 0 Å². The molecule has 1 aromatic carbocycles. The van der Waals surface area contributed by atoms with Gasteiger partial charge in [-0.15, -0.1) is 0 Å². The van der Waals surface area contributed by atoms with E-state index in [1.165, 1.54) is 0 Å². The van der Waals surface area contributed by atoms with Crippen molar-refractivity contribution in [2.75, 3.05) is 11.1 Å². The van der Waals surface area contributed by atoms with Crippen molar-refractivity contribution in [1.29, 1.82) is 0 Å². The van der Waals surface area contributed by atoms with Crippen LogP contribution >= 0.6 is 15.9 Å². The number of halogens is 1. The highest BCUT2D eigenvalue weighted by molar-refractivity contribution is 9.10. The van der Waals surface area contributed by atoms with E-state index in [2.05, 4.69) is 26.2 Å². The number of nitrogens with two attached hydrogens (primary N) is 1. The summed E-state index contributed by atoms with van der Waals surface area (Å²) in [5, 5.41) is 3.33. The first-order valence-electron chi connectivity index (χ1n) is 5.33. The lowest BCUT2D eigenvalue weighted by Gasteiger charge is -2.13. The summed E-state index contributed by atoms with van der Waals surface area (Å²) in [4.78, 5) is 4.34. The van der Waals surface area contributed by atoms with Crippen LogP contribution in [0, 0.1) is 13.8 Å². The van der Waals surface area contributed by atoms with E-state index in [9.17, 15) is 0 Å². The Bertz CT molecular complexity index is 532. The Morgan fingerprint density at radius 2 is 1.94 bits per heavy atom. The maximum absolute atomic E-state index is 5.96. The normalized spacial score (nSPS) is 10.3. The molecule has 0 spiro atoms. The lowest BCUT2D eigenvalue weighted by molar-refractivity contribution is 1.17. The Labute approximate surface area is 109 Å². The number of benzene rings is 1. The van der Waals surface area contributed by atoms with Crippen molar-refractivity contribution in [2.24, 2.45) is 0 Å². The quantitative estimate of drug-likeness (QED) is 0.654. The maximum Gasteiger partial charge on any atom is 0.106 e. The predicted octanol–water partition coefficient (Wildman–Crippen LogP) is 3.79. The van der Waals surface area contributed by atoms with E-state index >= 15 is 0 Å². The molecule has 1 heterocycles. The van der Waals surface area contributed by atoms with Gasteiger partial charge in [0.05, 0.1) is 22.8 Å². The second-order valence-corrected chi connectivity index (χ2v) is 4.74. The Morgan fingerprint density at radius 3 is 2.59 bits per heavy atom. The Hall–Kier alpha value is -1.55. The molecular formula is C13H14BrN3. The molecule has 2 aromatic rings. The lowest BCUT2D eigenvalue weighted by atomic mass is 10.1. The van der Waals surface area contributed by atoms with Gasteiger partial charge in [-0.3, -0.25) is 0 Å². The zero-order valence-electron chi connectivity index (χ0n) is 9.79. The minimum absolute atomic E-state index is 0.743. The van der Waals surface area contributed by atoms with Crippen LogP contribution in [0.15, 0.2) is 34.9 Å². The highest BCUT2D eigenvalue weighted by Crippen LogP contribution is 2.28. The van der Waals surface area contributed by atoms with Gasteiger partial charge in [0.15, 0.2) is 0 Å². The minimum Gasteiger partial charge on any atom is -0.397 e. The summed E-state index contributed by atoms with van der Waals surface area (Å²) >= 11 is 3.35. The number of anilines is 3. The summed E-state index contributed by atoms with van der Waals surface area (Å²) in [6, 6.07) is 9.75. The van der Waals surface area contributed by atoms with Crippen LogP contribution in [-0.4, -0.2) is 4.98 Å². The van der Waals surface area contributed by atoms with Crippen LogP contribution in [0.1, 0.15) is 11.3 Å². The fourth-order valence-electron chi connectivity index (χ4n) is 1.66.